The first-order chi connectivity index (χ1) is 11.3. The summed E-state index contributed by atoms with van der Waals surface area (Å²) in [7, 11) is 0. The van der Waals surface area contributed by atoms with E-state index in [1.165, 1.54) is 0 Å². The van der Waals surface area contributed by atoms with Gasteiger partial charge in [-0.15, -0.1) is 0 Å². The summed E-state index contributed by atoms with van der Waals surface area (Å²) in [4.78, 5) is 24.1. The Bertz CT molecular complexity index is 570. The van der Waals surface area contributed by atoms with Crippen molar-refractivity contribution in [2.45, 2.75) is 71.0 Å². The van der Waals surface area contributed by atoms with Crippen LogP contribution < -0.4 is 0 Å². The summed E-state index contributed by atoms with van der Waals surface area (Å²) in [5.41, 5.74) is -0.566. The van der Waals surface area contributed by atoms with Crippen LogP contribution in [0.2, 0.25) is 0 Å². The predicted octanol–water partition coefficient (Wildman–Crippen LogP) is 2.86. The summed E-state index contributed by atoms with van der Waals surface area (Å²) in [5, 5.41) is 0. The number of carbonyl (C=O) groups excluding carboxylic acids is 2. The van der Waals surface area contributed by atoms with E-state index in [-0.39, 0.29) is 35.0 Å². The highest BCUT2D eigenvalue weighted by atomic mass is 16.6. The van der Waals surface area contributed by atoms with Gasteiger partial charge >= 0.3 is 11.9 Å². The van der Waals surface area contributed by atoms with Gasteiger partial charge in [0.1, 0.15) is 12.7 Å². The van der Waals surface area contributed by atoms with Crippen LogP contribution in [-0.2, 0) is 23.8 Å². The second-order valence-corrected chi connectivity index (χ2v) is 9.01. The van der Waals surface area contributed by atoms with Gasteiger partial charge in [-0.3, -0.25) is 9.59 Å². The van der Waals surface area contributed by atoms with Gasteiger partial charge < -0.3 is 14.2 Å². The lowest BCUT2D eigenvalue weighted by Gasteiger charge is -2.37. The van der Waals surface area contributed by atoms with Crippen molar-refractivity contribution in [1.29, 1.82) is 0 Å². The minimum Gasteiger partial charge on any atom is -0.463 e. The summed E-state index contributed by atoms with van der Waals surface area (Å²) in [5.74, 6) is 0.547. The molecular formula is C19H28O5. The molecule has 1 saturated heterocycles. The molecule has 0 radical (unpaired) electrons. The molecule has 0 amide bonds. The topological polar surface area (TPSA) is 61.8 Å². The third kappa shape index (κ3) is 2.23. The summed E-state index contributed by atoms with van der Waals surface area (Å²) < 4.78 is 17.3. The van der Waals surface area contributed by atoms with Gasteiger partial charge in [0.2, 0.25) is 0 Å². The molecule has 3 bridgehead atoms. The van der Waals surface area contributed by atoms with Gasteiger partial charge in [-0.1, -0.05) is 6.92 Å². The molecule has 5 atom stereocenters. The van der Waals surface area contributed by atoms with Crippen molar-refractivity contribution in [1.82, 2.24) is 0 Å². The summed E-state index contributed by atoms with van der Waals surface area (Å²) >= 11 is 0. The molecule has 24 heavy (non-hydrogen) atoms. The van der Waals surface area contributed by atoms with Crippen molar-refractivity contribution in [2.75, 3.05) is 13.2 Å². The van der Waals surface area contributed by atoms with E-state index < -0.39 is 5.41 Å². The van der Waals surface area contributed by atoms with E-state index in [1.807, 2.05) is 20.8 Å². The Morgan fingerprint density at radius 3 is 2.83 bits per heavy atom. The fraction of sp³-hybridized carbons (Fsp3) is 0.895. The molecule has 5 nitrogen and oxygen atoms in total. The molecule has 5 heteroatoms. The van der Waals surface area contributed by atoms with E-state index >= 15 is 0 Å². The monoisotopic (exact) mass is 336 g/mol. The lowest BCUT2D eigenvalue weighted by molar-refractivity contribution is -0.160. The molecule has 1 aliphatic heterocycles. The van der Waals surface area contributed by atoms with Crippen LogP contribution in [0.25, 0.3) is 0 Å². The van der Waals surface area contributed by atoms with E-state index in [0.29, 0.717) is 19.1 Å². The van der Waals surface area contributed by atoms with Crippen LogP contribution in [0, 0.1) is 22.7 Å². The molecule has 134 valence electrons. The number of esters is 2. The van der Waals surface area contributed by atoms with Gasteiger partial charge in [0.25, 0.3) is 0 Å². The molecule has 1 spiro atoms. The van der Waals surface area contributed by atoms with Crippen LogP contribution in [0.4, 0.5) is 0 Å². The van der Waals surface area contributed by atoms with Crippen LogP contribution >= 0.6 is 0 Å². The SMILES string of the molecule is CCC(C)(C)C(=O)OCCOC12CC3CC4C(=O)OC(C1)C4(C3)C2. The highest BCUT2D eigenvalue weighted by molar-refractivity contribution is 5.77. The molecule has 0 aromatic heterocycles. The summed E-state index contributed by atoms with van der Waals surface area (Å²) in [6.07, 6.45) is 5.68. The van der Waals surface area contributed by atoms with Gasteiger partial charge in [0, 0.05) is 11.8 Å². The summed E-state index contributed by atoms with van der Waals surface area (Å²) in [6, 6.07) is 0. The van der Waals surface area contributed by atoms with E-state index in [1.54, 1.807) is 0 Å². The van der Waals surface area contributed by atoms with Crippen LogP contribution in [0.1, 0.15) is 59.3 Å². The number of fused-ring (bicyclic) bond motifs is 2. The first kappa shape index (κ1) is 16.4. The van der Waals surface area contributed by atoms with E-state index in [2.05, 4.69) is 0 Å². The van der Waals surface area contributed by atoms with E-state index in [9.17, 15) is 9.59 Å². The molecule has 5 unspecified atom stereocenters. The van der Waals surface area contributed by atoms with Crippen molar-refractivity contribution >= 4 is 11.9 Å². The van der Waals surface area contributed by atoms with Crippen molar-refractivity contribution in [2.24, 2.45) is 22.7 Å². The van der Waals surface area contributed by atoms with Gasteiger partial charge in [0.15, 0.2) is 0 Å². The quantitative estimate of drug-likeness (QED) is 0.551. The average molecular weight is 336 g/mol. The van der Waals surface area contributed by atoms with Crippen molar-refractivity contribution in [3.05, 3.63) is 0 Å². The zero-order chi connectivity index (χ0) is 17.2. The van der Waals surface area contributed by atoms with Crippen molar-refractivity contribution in [3.8, 4) is 0 Å². The zero-order valence-corrected chi connectivity index (χ0v) is 14.9. The molecular weight excluding hydrogens is 308 g/mol. The van der Waals surface area contributed by atoms with Crippen LogP contribution in [0.15, 0.2) is 0 Å². The van der Waals surface area contributed by atoms with Crippen molar-refractivity contribution < 1.29 is 23.8 Å². The second kappa shape index (κ2) is 5.20. The average Bonchev–Trinajstić information content (AvgIpc) is 3.03. The van der Waals surface area contributed by atoms with Gasteiger partial charge in [0.05, 0.1) is 23.5 Å². The maximum Gasteiger partial charge on any atom is 0.311 e. The fourth-order valence-corrected chi connectivity index (χ4v) is 5.66. The highest BCUT2D eigenvalue weighted by Crippen LogP contribution is 2.70. The molecule has 1 heterocycles. The Morgan fingerprint density at radius 1 is 1.29 bits per heavy atom. The maximum absolute atomic E-state index is 12.1. The number of ether oxygens (including phenoxy) is 3. The second-order valence-electron chi connectivity index (χ2n) is 9.01. The van der Waals surface area contributed by atoms with E-state index in [4.69, 9.17) is 14.2 Å². The van der Waals surface area contributed by atoms with Gasteiger partial charge in [-0.25, -0.2) is 0 Å². The first-order valence-corrected chi connectivity index (χ1v) is 9.32. The third-order valence-electron chi connectivity index (χ3n) is 7.15. The third-order valence-corrected chi connectivity index (χ3v) is 7.15. The molecule has 4 fully saturated rings. The number of hydrogen-bond acceptors (Lipinski definition) is 5. The first-order valence-electron chi connectivity index (χ1n) is 9.32. The van der Waals surface area contributed by atoms with Crippen molar-refractivity contribution in [3.63, 3.8) is 0 Å². The number of rotatable bonds is 6. The lowest BCUT2D eigenvalue weighted by Crippen LogP contribution is -2.38. The molecule has 4 aliphatic rings. The standard InChI is InChI=1S/C19H28O5/c1-4-17(2,3)16(21)22-5-6-23-18-8-12-7-13-15(20)24-14(10-18)19(13,9-12)11-18/h12-14H,4-11H2,1-3H3. The van der Waals surface area contributed by atoms with Gasteiger partial charge in [-0.05, 0) is 51.9 Å². The fourth-order valence-electron chi connectivity index (χ4n) is 5.66. The van der Waals surface area contributed by atoms with Crippen LogP contribution in [0.5, 0.6) is 0 Å². The van der Waals surface area contributed by atoms with Gasteiger partial charge in [-0.2, -0.15) is 0 Å². The minimum atomic E-state index is -0.437. The Labute approximate surface area is 143 Å². The Balaban J connectivity index is 1.34. The minimum absolute atomic E-state index is 0.0220. The molecule has 3 aliphatic carbocycles. The predicted molar refractivity (Wildman–Crippen MR) is 86.1 cm³/mol. The Kier molecular flexibility index (Phi) is 3.55. The molecule has 0 N–H and O–H groups in total. The Morgan fingerprint density at radius 2 is 2.08 bits per heavy atom. The number of carbonyl (C=O) groups is 2. The van der Waals surface area contributed by atoms with Crippen LogP contribution in [-0.4, -0.2) is 36.9 Å². The van der Waals surface area contributed by atoms with Crippen LogP contribution in [0.3, 0.4) is 0 Å². The normalized spacial score (nSPS) is 42.3. The lowest BCUT2D eigenvalue weighted by atomic mass is 9.72. The number of hydrogen-bond donors (Lipinski definition) is 0. The largest absolute Gasteiger partial charge is 0.463 e. The molecule has 4 rings (SSSR count). The van der Waals surface area contributed by atoms with E-state index in [0.717, 1.165) is 38.5 Å². The smallest absolute Gasteiger partial charge is 0.311 e. The highest BCUT2D eigenvalue weighted by Gasteiger charge is 2.72. The maximum atomic E-state index is 12.1. The molecule has 0 aromatic rings. The molecule has 3 saturated carbocycles. The molecule has 0 aromatic carbocycles. The Hall–Kier alpha value is -1.10. The summed E-state index contributed by atoms with van der Waals surface area (Å²) in [6.45, 7) is 6.52. The zero-order valence-electron chi connectivity index (χ0n) is 14.9.